The molecule has 35 heavy (non-hydrogen) atoms. The van der Waals surface area contributed by atoms with E-state index in [1.165, 1.54) is 4.90 Å². The van der Waals surface area contributed by atoms with Crippen LogP contribution in [0.3, 0.4) is 0 Å². The molecule has 5 rings (SSSR count). The van der Waals surface area contributed by atoms with Gasteiger partial charge in [0, 0.05) is 24.6 Å². The summed E-state index contributed by atoms with van der Waals surface area (Å²) < 4.78 is 0. The number of nitrogen functional groups attached to an aromatic ring is 1. The van der Waals surface area contributed by atoms with Gasteiger partial charge in [0.05, 0.1) is 11.4 Å². The third-order valence-electron chi connectivity index (χ3n) is 6.43. The van der Waals surface area contributed by atoms with E-state index in [0.717, 1.165) is 27.8 Å². The maximum Gasteiger partial charge on any atom is 0.407 e. The van der Waals surface area contributed by atoms with E-state index >= 15 is 0 Å². The number of carboxylic acid groups (broad SMARTS) is 1. The summed E-state index contributed by atoms with van der Waals surface area (Å²) in [6, 6.07) is 30.4. The second kappa shape index (κ2) is 9.35. The van der Waals surface area contributed by atoms with Crippen LogP contribution in [-0.4, -0.2) is 28.6 Å². The molecule has 0 atom stereocenters. The van der Waals surface area contributed by atoms with Crippen LogP contribution in [0.4, 0.5) is 16.2 Å². The zero-order valence-electron chi connectivity index (χ0n) is 19.0. The zero-order valence-corrected chi connectivity index (χ0v) is 19.0. The van der Waals surface area contributed by atoms with Gasteiger partial charge in [0.1, 0.15) is 0 Å². The van der Waals surface area contributed by atoms with Crippen molar-refractivity contribution in [1.29, 1.82) is 0 Å². The van der Waals surface area contributed by atoms with Gasteiger partial charge in [0.25, 0.3) is 5.91 Å². The van der Waals surface area contributed by atoms with Crippen molar-refractivity contribution >= 4 is 23.4 Å². The molecule has 0 bridgehead atoms. The number of nitrogens with one attached hydrogen (secondary N) is 1. The summed E-state index contributed by atoms with van der Waals surface area (Å²) in [4.78, 5) is 26.2. The van der Waals surface area contributed by atoms with E-state index in [-0.39, 0.29) is 18.4 Å². The molecule has 0 saturated heterocycles. The molecule has 0 heterocycles. The summed E-state index contributed by atoms with van der Waals surface area (Å²) in [5.41, 5.74) is 12.8. The van der Waals surface area contributed by atoms with Gasteiger partial charge in [-0.1, -0.05) is 72.8 Å². The second-order valence-corrected chi connectivity index (χ2v) is 8.63. The maximum absolute atomic E-state index is 12.6. The zero-order chi connectivity index (χ0) is 24.4. The Morgan fingerprint density at radius 1 is 0.800 bits per heavy atom. The molecule has 4 aromatic carbocycles. The van der Waals surface area contributed by atoms with E-state index in [1.807, 2.05) is 24.3 Å². The van der Waals surface area contributed by atoms with Gasteiger partial charge < -0.3 is 21.1 Å². The molecule has 1 aliphatic carbocycles. The maximum atomic E-state index is 12.6. The van der Waals surface area contributed by atoms with Gasteiger partial charge in [0.2, 0.25) is 0 Å². The SMILES string of the molecule is Nc1ccccc1NC(=O)c1ccc(CN(CC2c3ccccc3-c3ccccc32)C(=O)O)cc1. The molecule has 0 saturated carbocycles. The number of rotatable bonds is 6. The van der Waals surface area contributed by atoms with E-state index in [0.29, 0.717) is 23.5 Å². The number of amides is 2. The van der Waals surface area contributed by atoms with Crippen LogP contribution in [0.5, 0.6) is 0 Å². The fourth-order valence-corrected chi connectivity index (χ4v) is 4.67. The Labute approximate surface area is 203 Å². The van der Waals surface area contributed by atoms with Crippen LogP contribution < -0.4 is 11.1 Å². The van der Waals surface area contributed by atoms with Gasteiger partial charge in [-0.25, -0.2) is 4.79 Å². The molecule has 0 spiro atoms. The fraction of sp³-hybridized carbons (Fsp3) is 0.103. The van der Waals surface area contributed by atoms with Gasteiger partial charge in [0.15, 0.2) is 0 Å². The molecule has 2 amide bonds. The van der Waals surface area contributed by atoms with Crippen molar-refractivity contribution in [2.45, 2.75) is 12.5 Å². The molecular formula is C29H25N3O3. The molecule has 0 aliphatic heterocycles. The average Bonchev–Trinajstić information content (AvgIpc) is 3.19. The first kappa shape index (κ1) is 22.2. The molecule has 0 radical (unpaired) electrons. The highest BCUT2D eigenvalue weighted by molar-refractivity contribution is 6.05. The van der Waals surface area contributed by atoms with Crippen LogP contribution in [0.2, 0.25) is 0 Å². The van der Waals surface area contributed by atoms with Gasteiger partial charge in [-0.15, -0.1) is 0 Å². The number of benzene rings is 4. The second-order valence-electron chi connectivity index (χ2n) is 8.63. The average molecular weight is 464 g/mol. The smallest absolute Gasteiger partial charge is 0.407 e. The lowest BCUT2D eigenvalue weighted by molar-refractivity contribution is 0.102. The van der Waals surface area contributed by atoms with Gasteiger partial charge >= 0.3 is 6.09 Å². The third kappa shape index (κ3) is 4.46. The van der Waals surface area contributed by atoms with Crippen LogP contribution in [0, 0.1) is 0 Å². The molecule has 6 heteroatoms. The van der Waals surface area contributed by atoms with Crippen molar-refractivity contribution in [3.63, 3.8) is 0 Å². The number of hydrogen-bond acceptors (Lipinski definition) is 3. The third-order valence-corrected chi connectivity index (χ3v) is 6.43. The summed E-state index contributed by atoms with van der Waals surface area (Å²) in [5, 5.41) is 12.8. The monoisotopic (exact) mass is 463 g/mol. The first-order valence-electron chi connectivity index (χ1n) is 11.4. The lowest BCUT2D eigenvalue weighted by Gasteiger charge is -2.24. The summed E-state index contributed by atoms with van der Waals surface area (Å²) in [6.45, 7) is 0.572. The van der Waals surface area contributed by atoms with Crippen LogP contribution in [0.25, 0.3) is 11.1 Å². The summed E-state index contributed by atoms with van der Waals surface area (Å²) in [7, 11) is 0. The fourth-order valence-electron chi connectivity index (χ4n) is 4.67. The Morgan fingerprint density at radius 3 is 1.97 bits per heavy atom. The minimum Gasteiger partial charge on any atom is -0.465 e. The highest BCUT2D eigenvalue weighted by Crippen LogP contribution is 2.44. The number of fused-ring (bicyclic) bond motifs is 3. The van der Waals surface area contributed by atoms with Crippen LogP contribution in [-0.2, 0) is 6.54 Å². The Balaban J connectivity index is 1.32. The largest absolute Gasteiger partial charge is 0.465 e. The normalized spacial score (nSPS) is 12.0. The molecule has 6 nitrogen and oxygen atoms in total. The van der Waals surface area contributed by atoms with E-state index in [1.54, 1.807) is 48.5 Å². The number of carbonyl (C=O) groups excluding carboxylic acids is 1. The molecule has 4 aromatic rings. The number of carbonyl (C=O) groups is 2. The topological polar surface area (TPSA) is 95.7 Å². The lowest BCUT2D eigenvalue weighted by Crippen LogP contribution is -2.33. The predicted molar refractivity (Wildman–Crippen MR) is 137 cm³/mol. The quantitative estimate of drug-likeness (QED) is 0.314. The van der Waals surface area contributed by atoms with Crippen molar-refractivity contribution < 1.29 is 14.7 Å². The number of nitrogens with two attached hydrogens (primary N) is 1. The Morgan fingerprint density at radius 2 is 1.37 bits per heavy atom. The van der Waals surface area contributed by atoms with E-state index < -0.39 is 6.09 Å². The molecule has 0 unspecified atom stereocenters. The Kier molecular flexibility index (Phi) is 5.94. The molecule has 1 aliphatic rings. The van der Waals surface area contributed by atoms with Crippen LogP contribution in [0.15, 0.2) is 97.1 Å². The molecule has 0 fully saturated rings. The predicted octanol–water partition coefficient (Wildman–Crippen LogP) is 5.81. The number of para-hydroxylation sites is 2. The molecule has 4 N–H and O–H groups in total. The number of anilines is 2. The highest BCUT2D eigenvalue weighted by Gasteiger charge is 2.30. The van der Waals surface area contributed by atoms with Crippen molar-refractivity contribution in [2.75, 3.05) is 17.6 Å². The minimum atomic E-state index is -0.978. The van der Waals surface area contributed by atoms with E-state index in [2.05, 4.69) is 29.6 Å². The minimum absolute atomic E-state index is 0.0279. The van der Waals surface area contributed by atoms with Crippen molar-refractivity contribution in [1.82, 2.24) is 4.90 Å². The highest BCUT2D eigenvalue weighted by atomic mass is 16.4. The summed E-state index contributed by atoms with van der Waals surface area (Å²) in [6.07, 6.45) is -0.978. The van der Waals surface area contributed by atoms with Crippen LogP contribution >= 0.6 is 0 Å². The molecule has 174 valence electrons. The van der Waals surface area contributed by atoms with Crippen LogP contribution in [0.1, 0.15) is 33.0 Å². The number of hydrogen-bond donors (Lipinski definition) is 3. The van der Waals surface area contributed by atoms with Gasteiger partial charge in [-0.2, -0.15) is 0 Å². The first-order valence-corrected chi connectivity index (χ1v) is 11.4. The van der Waals surface area contributed by atoms with Gasteiger partial charge in [-0.05, 0) is 52.1 Å². The Hall–Kier alpha value is -4.58. The standard InChI is InChI=1S/C29H25N3O3/c30-26-11-5-6-12-27(26)31-28(33)20-15-13-19(14-16-20)17-32(29(34)35)18-25-23-9-3-1-7-21(23)22-8-2-4-10-24(22)25/h1-16,25H,17-18,30H2,(H,31,33)(H,34,35). The molecular weight excluding hydrogens is 438 g/mol. The van der Waals surface area contributed by atoms with Gasteiger partial charge in [-0.3, -0.25) is 4.79 Å². The lowest BCUT2D eigenvalue weighted by atomic mass is 9.96. The first-order chi connectivity index (χ1) is 17.0. The van der Waals surface area contributed by atoms with E-state index in [9.17, 15) is 14.7 Å². The molecule has 0 aromatic heterocycles. The summed E-state index contributed by atoms with van der Waals surface area (Å²) in [5.74, 6) is -0.302. The van der Waals surface area contributed by atoms with E-state index in [4.69, 9.17) is 5.73 Å². The van der Waals surface area contributed by atoms with Crippen molar-refractivity contribution in [3.8, 4) is 11.1 Å². The number of nitrogens with zero attached hydrogens (tertiary/aromatic N) is 1. The Bertz CT molecular complexity index is 1350. The van der Waals surface area contributed by atoms with Crippen molar-refractivity contribution in [2.24, 2.45) is 0 Å². The van der Waals surface area contributed by atoms with Crippen molar-refractivity contribution in [3.05, 3.63) is 119 Å². The summed E-state index contributed by atoms with van der Waals surface area (Å²) >= 11 is 0.